The molecule has 0 aliphatic heterocycles. The summed E-state index contributed by atoms with van der Waals surface area (Å²) in [6.45, 7) is 0. The number of hydrogen-bond donors (Lipinski definition) is 4. The van der Waals surface area contributed by atoms with Crippen molar-refractivity contribution < 1.29 is 33.3 Å². The summed E-state index contributed by atoms with van der Waals surface area (Å²) >= 11 is 0. The first-order valence-electron chi connectivity index (χ1n) is 11.4. The molecule has 0 aromatic heterocycles. The molecule has 0 radical (unpaired) electrons. The van der Waals surface area contributed by atoms with E-state index in [4.69, 9.17) is 0 Å². The Hall–Kier alpha value is -2.16. The Balaban J connectivity index is 1.86. The summed E-state index contributed by atoms with van der Waals surface area (Å²) in [5.74, 6) is -0.518. The van der Waals surface area contributed by atoms with Gasteiger partial charge >= 0.3 is 6.18 Å². The predicted molar refractivity (Wildman–Crippen MR) is 120 cm³/mol. The van der Waals surface area contributed by atoms with Gasteiger partial charge in [0.2, 0.25) is 5.91 Å². The van der Waals surface area contributed by atoms with Gasteiger partial charge in [-0.2, -0.15) is 13.2 Å². The smallest absolute Gasteiger partial charge is 0.393 e. The van der Waals surface area contributed by atoms with Crippen LogP contribution in [0.2, 0.25) is 0 Å². The van der Waals surface area contributed by atoms with Crippen LogP contribution in [0, 0.1) is 11.8 Å². The van der Waals surface area contributed by atoms with Gasteiger partial charge in [0, 0.05) is 25.8 Å². The number of amides is 1. The number of aryl methyl sites for hydroxylation is 1. The number of allylic oxidation sites excluding steroid dienone is 2. The monoisotopic (exact) mass is 469 g/mol. The number of alkyl halides is 3. The lowest BCUT2D eigenvalue weighted by Gasteiger charge is -2.19. The van der Waals surface area contributed by atoms with Gasteiger partial charge in [-0.05, 0) is 49.7 Å². The van der Waals surface area contributed by atoms with Crippen molar-refractivity contribution in [3.05, 3.63) is 59.7 Å². The van der Waals surface area contributed by atoms with Gasteiger partial charge < -0.3 is 20.6 Å². The molecule has 5 atom stereocenters. The predicted octanol–water partition coefficient (Wildman–Crippen LogP) is 3.78. The topological polar surface area (TPSA) is 89.8 Å². The Morgan fingerprint density at radius 1 is 1.24 bits per heavy atom. The van der Waals surface area contributed by atoms with E-state index in [1.807, 2.05) is 12.2 Å². The van der Waals surface area contributed by atoms with E-state index >= 15 is 0 Å². The van der Waals surface area contributed by atoms with Crippen molar-refractivity contribution in [2.24, 2.45) is 11.8 Å². The van der Waals surface area contributed by atoms with Crippen LogP contribution in [-0.4, -0.2) is 46.6 Å². The minimum atomic E-state index is -4.40. The van der Waals surface area contributed by atoms with Crippen LogP contribution in [0.3, 0.4) is 0 Å². The normalized spacial score (nSPS) is 24.6. The summed E-state index contributed by atoms with van der Waals surface area (Å²) in [5.41, 5.74) is -0.217. The molecule has 5 nitrogen and oxygen atoms in total. The molecular formula is C25H34F3NO4. The summed E-state index contributed by atoms with van der Waals surface area (Å²) < 4.78 is 38.5. The number of aliphatic hydroxyl groups excluding tert-OH is 3. The lowest BCUT2D eigenvalue weighted by atomic mass is 9.89. The minimum absolute atomic E-state index is 0.00504. The molecule has 4 N–H and O–H groups in total. The van der Waals surface area contributed by atoms with Crippen LogP contribution >= 0.6 is 0 Å². The van der Waals surface area contributed by atoms with E-state index < -0.39 is 30.1 Å². The number of hydrogen-bond acceptors (Lipinski definition) is 4. The van der Waals surface area contributed by atoms with Crippen molar-refractivity contribution in [2.75, 3.05) is 7.05 Å². The summed E-state index contributed by atoms with van der Waals surface area (Å²) in [6, 6.07) is 5.06. The molecule has 0 saturated heterocycles. The molecule has 184 valence electrons. The first kappa shape index (κ1) is 27.1. The number of nitrogens with one attached hydrogen (secondary N) is 1. The summed E-state index contributed by atoms with van der Waals surface area (Å²) in [7, 11) is 1.60. The highest BCUT2D eigenvalue weighted by Crippen LogP contribution is 2.36. The summed E-state index contributed by atoms with van der Waals surface area (Å²) in [5, 5.41) is 33.5. The number of halogens is 3. The van der Waals surface area contributed by atoms with Gasteiger partial charge in [-0.3, -0.25) is 4.79 Å². The van der Waals surface area contributed by atoms with Gasteiger partial charge in [0.1, 0.15) is 0 Å². The molecule has 0 bridgehead atoms. The Morgan fingerprint density at radius 3 is 2.70 bits per heavy atom. The Morgan fingerprint density at radius 2 is 2.00 bits per heavy atom. The number of carbonyl (C=O) groups is 1. The average molecular weight is 470 g/mol. The largest absolute Gasteiger partial charge is 0.416 e. The lowest BCUT2D eigenvalue weighted by molar-refractivity contribution is -0.137. The van der Waals surface area contributed by atoms with Gasteiger partial charge in [-0.15, -0.1) is 0 Å². The zero-order valence-electron chi connectivity index (χ0n) is 18.8. The van der Waals surface area contributed by atoms with Crippen LogP contribution in [0.1, 0.15) is 49.7 Å². The Kier molecular flexibility index (Phi) is 10.6. The van der Waals surface area contributed by atoms with Gasteiger partial charge in [-0.1, -0.05) is 42.5 Å². The Bertz CT molecular complexity index is 809. The van der Waals surface area contributed by atoms with Crippen LogP contribution in [0.5, 0.6) is 0 Å². The van der Waals surface area contributed by atoms with Gasteiger partial charge in [0.25, 0.3) is 0 Å². The van der Waals surface area contributed by atoms with Crippen molar-refractivity contribution in [3.63, 3.8) is 0 Å². The van der Waals surface area contributed by atoms with E-state index in [1.54, 1.807) is 25.3 Å². The SMILES string of the molecule is CNC(=O)CCC/C=C/C[C@@H]1[C@@H](/C=C/[C@@H](O)CCc2cccc(C(F)(F)F)c2)[C@H](O)C[C@@H]1O. The number of rotatable bonds is 11. The molecule has 1 aliphatic rings. The molecule has 33 heavy (non-hydrogen) atoms. The number of benzene rings is 1. The van der Waals surface area contributed by atoms with Crippen molar-refractivity contribution in [2.45, 2.75) is 69.4 Å². The maximum absolute atomic E-state index is 12.8. The molecule has 1 aliphatic carbocycles. The first-order chi connectivity index (χ1) is 15.6. The fourth-order valence-corrected chi connectivity index (χ4v) is 4.15. The van der Waals surface area contributed by atoms with Gasteiger partial charge in [-0.25, -0.2) is 0 Å². The van der Waals surface area contributed by atoms with Crippen LogP contribution in [0.4, 0.5) is 13.2 Å². The summed E-state index contributed by atoms with van der Waals surface area (Å²) in [4.78, 5) is 11.2. The summed E-state index contributed by atoms with van der Waals surface area (Å²) in [6.07, 6.45) is 3.80. The van der Waals surface area contributed by atoms with Crippen LogP contribution < -0.4 is 5.32 Å². The number of unbranched alkanes of at least 4 members (excludes halogenated alkanes) is 1. The van der Waals surface area contributed by atoms with E-state index in [0.717, 1.165) is 25.0 Å². The molecule has 8 heteroatoms. The highest BCUT2D eigenvalue weighted by molar-refractivity contribution is 5.75. The van der Waals surface area contributed by atoms with Crippen molar-refractivity contribution in [3.8, 4) is 0 Å². The fourth-order valence-electron chi connectivity index (χ4n) is 4.15. The molecule has 0 spiro atoms. The zero-order valence-corrected chi connectivity index (χ0v) is 18.8. The average Bonchev–Trinajstić information content (AvgIpc) is 3.04. The maximum Gasteiger partial charge on any atom is 0.416 e. The fraction of sp³-hybridized carbons (Fsp3) is 0.560. The van der Waals surface area contributed by atoms with Crippen molar-refractivity contribution in [1.29, 1.82) is 0 Å². The Labute approximate surface area is 193 Å². The van der Waals surface area contributed by atoms with E-state index in [1.165, 1.54) is 6.07 Å². The zero-order chi connectivity index (χ0) is 24.4. The molecule has 1 amide bonds. The van der Waals surface area contributed by atoms with Crippen molar-refractivity contribution >= 4 is 5.91 Å². The first-order valence-corrected chi connectivity index (χ1v) is 11.4. The van der Waals surface area contributed by atoms with Gasteiger partial charge in [0.15, 0.2) is 0 Å². The molecule has 0 heterocycles. The van der Waals surface area contributed by atoms with E-state index in [9.17, 15) is 33.3 Å². The van der Waals surface area contributed by atoms with Crippen LogP contribution in [-0.2, 0) is 17.4 Å². The highest BCUT2D eigenvalue weighted by atomic mass is 19.4. The number of carbonyl (C=O) groups excluding carboxylic acids is 1. The molecule has 2 rings (SSSR count). The second kappa shape index (κ2) is 12.9. The minimum Gasteiger partial charge on any atom is -0.393 e. The third-order valence-corrected chi connectivity index (χ3v) is 6.08. The highest BCUT2D eigenvalue weighted by Gasteiger charge is 2.39. The second-order valence-corrected chi connectivity index (χ2v) is 8.57. The molecule has 1 aromatic rings. The third-order valence-electron chi connectivity index (χ3n) is 6.08. The molecular weight excluding hydrogens is 435 g/mol. The van der Waals surface area contributed by atoms with E-state index in [-0.39, 0.29) is 37.0 Å². The number of aliphatic hydroxyl groups is 3. The van der Waals surface area contributed by atoms with Gasteiger partial charge in [0.05, 0.1) is 23.9 Å². The standard InChI is InChI=1S/C25H34F3NO4/c1-29-24(33)10-5-3-2-4-9-20-21(23(32)16-22(20)31)14-13-19(30)12-11-17-7-6-8-18(15-17)25(26,27)28/h2,4,6-8,13-15,19-23,30-32H,3,5,9-12,16H2,1H3,(H,29,33)/b4-2+,14-13+/t19-,20+,21+,22-,23+/m0/s1. The molecule has 0 unspecified atom stereocenters. The second-order valence-electron chi connectivity index (χ2n) is 8.57. The molecule has 1 fully saturated rings. The quantitative estimate of drug-likeness (QED) is 0.293. The maximum atomic E-state index is 12.8. The van der Waals surface area contributed by atoms with Crippen LogP contribution in [0.25, 0.3) is 0 Å². The molecule has 1 aromatic carbocycles. The lowest BCUT2D eigenvalue weighted by Crippen LogP contribution is -2.20. The molecule has 1 saturated carbocycles. The van der Waals surface area contributed by atoms with Crippen molar-refractivity contribution in [1.82, 2.24) is 5.32 Å². The van der Waals surface area contributed by atoms with E-state index in [2.05, 4.69) is 5.32 Å². The van der Waals surface area contributed by atoms with Crippen LogP contribution in [0.15, 0.2) is 48.6 Å². The third kappa shape index (κ3) is 8.95. The van der Waals surface area contributed by atoms with E-state index in [0.29, 0.717) is 18.4 Å².